The summed E-state index contributed by atoms with van der Waals surface area (Å²) in [5.74, 6) is 1.78. The van der Waals surface area contributed by atoms with E-state index in [1.165, 1.54) is 6.20 Å². The first-order chi connectivity index (χ1) is 14.5. The zero-order valence-electron chi connectivity index (χ0n) is 18.3. The van der Waals surface area contributed by atoms with Crippen LogP contribution in [0.2, 0.25) is 0 Å². The van der Waals surface area contributed by atoms with Gasteiger partial charge in [-0.2, -0.15) is 8.42 Å². The lowest BCUT2D eigenvalue weighted by Crippen LogP contribution is -2.16. The van der Waals surface area contributed by atoms with Crippen LogP contribution in [0.25, 0.3) is 0 Å². The molecule has 0 aliphatic heterocycles. The van der Waals surface area contributed by atoms with Crippen LogP contribution in [0.15, 0.2) is 36.5 Å². The third-order valence-corrected chi connectivity index (χ3v) is 3.77. The van der Waals surface area contributed by atoms with Crippen molar-refractivity contribution >= 4 is 16.0 Å². The molecular weight excluding hydrogens is 422 g/mol. The number of carbonyl (C=O) groups is 1. The van der Waals surface area contributed by atoms with Crippen molar-refractivity contribution in [2.45, 2.75) is 33.7 Å². The van der Waals surface area contributed by atoms with E-state index in [2.05, 4.69) is 24.1 Å². The maximum Gasteiger partial charge on any atom is 0.261 e. The van der Waals surface area contributed by atoms with E-state index in [0.29, 0.717) is 41.7 Å². The highest BCUT2D eigenvalue weighted by Gasteiger charge is 2.09. The molecule has 0 radical (unpaired) electrons. The third kappa shape index (κ3) is 11.9. The molecule has 1 amide bonds. The number of benzene rings is 1. The number of nitrogens with two attached hydrogens (primary N) is 1. The summed E-state index contributed by atoms with van der Waals surface area (Å²) in [5.41, 5.74) is 6.68. The van der Waals surface area contributed by atoms with E-state index in [0.717, 1.165) is 25.1 Å². The van der Waals surface area contributed by atoms with E-state index in [4.69, 9.17) is 19.8 Å². The van der Waals surface area contributed by atoms with Gasteiger partial charge in [0.15, 0.2) is 11.5 Å². The van der Waals surface area contributed by atoms with Gasteiger partial charge in [0.1, 0.15) is 0 Å². The molecule has 0 aliphatic rings. The van der Waals surface area contributed by atoms with Crippen molar-refractivity contribution in [2.75, 3.05) is 19.4 Å². The number of amides is 1. The van der Waals surface area contributed by atoms with Crippen molar-refractivity contribution in [3.63, 3.8) is 0 Å². The Balaban J connectivity index is 0.000000861. The van der Waals surface area contributed by atoms with Gasteiger partial charge in [-0.1, -0.05) is 19.9 Å². The van der Waals surface area contributed by atoms with Crippen LogP contribution in [0, 0.1) is 5.92 Å². The van der Waals surface area contributed by atoms with Crippen LogP contribution in [-0.2, 0) is 16.7 Å². The Morgan fingerprint density at radius 2 is 1.90 bits per heavy atom. The van der Waals surface area contributed by atoms with Crippen LogP contribution in [0.3, 0.4) is 0 Å². The highest BCUT2D eigenvalue weighted by Crippen LogP contribution is 2.32. The summed E-state index contributed by atoms with van der Waals surface area (Å²) in [5, 5.41) is 3.44. The highest BCUT2D eigenvalue weighted by atomic mass is 32.2. The van der Waals surface area contributed by atoms with Crippen molar-refractivity contribution in [2.24, 2.45) is 11.7 Å². The fourth-order valence-electron chi connectivity index (χ4n) is 2.34. The zero-order valence-corrected chi connectivity index (χ0v) is 19.1. The standard InChI is InChI=1S/C20H27N3O3.CH4O3S/c1-4-25-18-11-15(12-22-10-9-14(2)3)5-7-17(18)26-19-8-6-16(13-23-19)20(21)24;1-5(2,3)4/h5-8,11,13-14,22H,4,9-10,12H2,1-3H3,(H2,21,24);1H3,(H,2,3,4). The molecule has 0 fully saturated rings. The van der Waals surface area contributed by atoms with Crippen LogP contribution in [0.5, 0.6) is 17.4 Å². The molecule has 9 nitrogen and oxygen atoms in total. The molecule has 0 bridgehead atoms. The Hall–Kier alpha value is -2.69. The lowest BCUT2D eigenvalue weighted by Gasteiger charge is -2.13. The van der Waals surface area contributed by atoms with Crippen molar-refractivity contribution in [3.8, 4) is 17.4 Å². The van der Waals surface area contributed by atoms with Gasteiger partial charge in [0.2, 0.25) is 11.8 Å². The highest BCUT2D eigenvalue weighted by molar-refractivity contribution is 7.85. The first-order valence-corrected chi connectivity index (χ1v) is 11.7. The minimum atomic E-state index is -3.67. The zero-order chi connectivity index (χ0) is 23.4. The van der Waals surface area contributed by atoms with E-state index in [9.17, 15) is 13.2 Å². The fourth-order valence-corrected chi connectivity index (χ4v) is 2.34. The van der Waals surface area contributed by atoms with Gasteiger partial charge in [0, 0.05) is 18.8 Å². The number of carbonyl (C=O) groups excluding carboxylic acids is 1. The van der Waals surface area contributed by atoms with Gasteiger partial charge in [0.05, 0.1) is 18.4 Å². The number of primary amides is 1. The quantitative estimate of drug-likeness (QED) is 0.368. The molecule has 0 spiro atoms. The molecule has 10 heteroatoms. The van der Waals surface area contributed by atoms with E-state index in [-0.39, 0.29) is 0 Å². The summed E-state index contributed by atoms with van der Waals surface area (Å²) in [4.78, 5) is 15.2. The number of aromatic nitrogens is 1. The number of nitrogens with one attached hydrogen (secondary N) is 1. The molecule has 4 N–H and O–H groups in total. The normalized spacial score (nSPS) is 10.9. The monoisotopic (exact) mass is 453 g/mol. The fraction of sp³-hybridized carbons (Fsp3) is 0.429. The predicted octanol–water partition coefficient (Wildman–Crippen LogP) is 3.01. The van der Waals surface area contributed by atoms with Crippen LogP contribution in [0.1, 0.15) is 43.1 Å². The average Bonchev–Trinajstić information content (AvgIpc) is 2.66. The predicted molar refractivity (Wildman–Crippen MR) is 119 cm³/mol. The van der Waals surface area contributed by atoms with Gasteiger partial charge in [-0.15, -0.1) is 0 Å². The number of ether oxygens (including phenoxy) is 2. The van der Waals surface area contributed by atoms with Gasteiger partial charge >= 0.3 is 0 Å². The molecule has 1 aromatic carbocycles. The van der Waals surface area contributed by atoms with Crippen LogP contribution in [-0.4, -0.2) is 43.3 Å². The lowest BCUT2D eigenvalue weighted by atomic mass is 10.1. The Morgan fingerprint density at radius 1 is 1.23 bits per heavy atom. The maximum absolute atomic E-state index is 11.1. The second kappa shape index (κ2) is 12.9. The summed E-state index contributed by atoms with van der Waals surface area (Å²) >= 11 is 0. The molecule has 0 atom stereocenters. The van der Waals surface area contributed by atoms with Crippen LogP contribution < -0.4 is 20.5 Å². The minimum absolute atomic E-state index is 0.338. The lowest BCUT2D eigenvalue weighted by molar-refractivity contribution is 0.1000. The van der Waals surface area contributed by atoms with Crippen LogP contribution >= 0.6 is 0 Å². The SMILES string of the molecule is CCOc1cc(CNCCC(C)C)ccc1Oc1ccc(C(N)=O)cn1.CS(=O)(=O)O. The number of nitrogens with zero attached hydrogens (tertiary/aromatic N) is 1. The summed E-state index contributed by atoms with van der Waals surface area (Å²) in [6, 6.07) is 9.03. The van der Waals surface area contributed by atoms with E-state index in [1.54, 1.807) is 12.1 Å². The van der Waals surface area contributed by atoms with Crippen LogP contribution in [0.4, 0.5) is 0 Å². The van der Waals surface area contributed by atoms with Crippen molar-refractivity contribution in [1.82, 2.24) is 10.3 Å². The third-order valence-electron chi connectivity index (χ3n) is 3.77. The molecule has 172 valence electrons. The van der Waals surface area contributed by atoms with Gasteiger partial charge in [0.25, 0.3) is 10.1 Å². The molecular formula is C21H31N3O6S. The molecule has 31 heavy (non-hydrogen) atoms. The molecule has 2 aromatic rings. The Bertz CT molecular complexity index is 923. The maximum atomic E-state index is 11.1. The molecule has 0 saturated carbocycles. The second-order valence-electron chi connectivity index (χ2n) is 7.16. The van der Waals surface area contributed by atoms with E-state index in [1.807, 2.05) is 25.1 Å². The smallest absolute Gasteiger partial charge is 0.261 e. The number of hydrogen-bond acceptors (Lipinski definition) is 7. The molecule has 1 aromatic heterocycles. The molecule has 0 aliphatic carbocycles. The largest absolute Gasteiger partial charge is 0.490 e. The molecule has 2 rings (SSSR count). The minimum Gasteiger partial charge on any atom is -0.490 e. The number of pyridine rings is 1. The molecule has 0 unspecified atom stereocenters. The van der Waals surface area contributed by atoms with Crippen molar-refractivity contribution in [1.29, 1.82) is 0 Å². The number of rotatable bonds is 10. The topological polar surface area (TPSA) is 141 Å². The molecule has 0 saturated heterocycles. The summed E-state index contributed by atoms with van der Waals surface area (Å²) in [7, 11) is -3.67. The second-order valence-corrected chi connectivity index (χ2v) is 8.62. The first-order valence-electron chi connectivity index (χ1n) is 9.82. The Kier molecular flexibility index (Phi) is 10.9. The summed E-state index contributed by atoms with van der Waals surface area (Å²) in [6.45, 7) is 8.65. The molecule has 1 heterocycles. The first kappa shape index (κ1) is 26.3. The van der Waals surface area contributed by atoms with Crippen molar-refractivity contribution in [3.05, 3.63) is 47.7 Å². The van der Waals surface area contributed by atoms with Gasteiger partial charge < -0.3 is 20.5 Å². The summed E-state index contributed by atoms with van der Waals surface area (Å²) in [6.07, 6.45) is 3.25. The van der Waals surface area contributed by atoms with Gasteiger partial charge in [-0.3, -0.25) is 9.35 Å². The Morgan fingerprint density at radius 3 is 2.42 bits per heavy atom. The number of hydrogen-bond donors (Lipinski definition) is 3. The van der Waals surface area contributed by atoms with E-state index >= 15 is 0 Å². The Labute approximate surface area is 183 Å². The average molecular weight is 454 g/mol. The van der Waals surface area contributed by atoms with Gasteiger partial charge in [-0.25, -0.2) is 4.98 Å². The summed E-state index contributed by atoms with van der Waals surface area (Å²) < 4.78 is 37.4. The van der Waals surface area contributed by atoms with E-state index < -0.39 is 16.0 Å². The van der Waals surface area contributed by atoms with Crippen molar-refractivity contribution < 1.29 is 27.2 Å². The van der Waals surface area contributed by atoms with Gasteiger partial charge in [-0.05, 0) is 49.6 Å².